The predicted octanol–water partition coefficient (Wildman–Crippen LogP) is 10.8. The van der Waals surface area contributed by atoms with Crippen LogP contribution in [0.3, 0.4) is 0 Å². The maximum atomic E-state index is 5.15. The zero-order valence-electron chi connectivity index (χ0n) is 25.5. The molecule has 0 radical (unpaired) electrons. The number of pyridine rings is 1. The molecule has 47 heavy (non-hydrogen) atoms. The Morgan fingerprint density at radius 3 is 1.70 bits per heavy atom. The minimum absolute atomic E-state index is 0.699. The number of para-hydroxylation sites is 2. The standard InChI is InChI=1S/C43H28N4/c1-2-11-30(12-3-1)43-45-39(27-40(46-43)36-19-9-17-34-33(16-8-18-35(34)36)31-13-10-26-44-28-31)29-22-24-32(25-23-29)47-41-20-6-4-14-37(41)38-15-5-7-21-42(38)47/h1-28H. The quantitative estimate of drug-likeness (QED) is 0.197. The van der Waals surface area contributed by atoms with Crippen molar-refractivity contribution in [3.05, 3.63) is 170 Å². The summed E-state index contributed by atoms with van der Waals surface area (Å²) < 4.78 is 2.34. The molecule has 0 spiro atoms. The average Bonchev–Trinajstić information content (AvgIpc) is 3.49. The highest BCUT2D eigenvalue weighted by Gasteiger charge is 2.15. The van der Waals surface area contributed by atoms with Gasteiger partial charge in [0.25, 0.3) is 0 Å². The molecule has 0 unspecified atom stereocenters. The summed E-state index contributed by atoms with van der Waals surface area (Å²) in [4.78, 5) is 14.6. The van der Waals surface area contributed by atoms with Gasteiger partial charge in [-0.2, -0.15) is 0 Å². The summed E-state index contributed by atoms with van der Waals surface area (Å²) in [7, 11) is 0. The maximum Gasteiger partial charge on any atom is 0.160 e. The van der Waals surface area contributed by atoms with Gasteiger partial charge in [0.1, 0.15) is 0 Å². The molecule has 4 heteroatoms. The van der Waals surface area contributed by atoms with Crippen molar-refractivity contribution in [1.29, 1.82) is 0 Å². The zero-order valence-corrected chi connectivity index (χ0v) is 25.5. The van der Waals surface area contributed by atoms with Crippen molar-refractivity contribution in [3.8, 4) is 50.7 Å². The van der Waals surface area contributed by atoms with E-state index in [1.165, 1.54) is 21.8 Å². The molecule has 4 nitrogen and oxygen atoms in total. The first-order valence-corrected chi connectivity index (χ1v) is 15.8. The Kier molecular flexibility index (Phi) is 6.43. The smallest absolute Gasteiger partial charge is 0.160 e. The summed E-state index contributed by atoms with van der Waals surface area (Å²) in [5.74, 6) is 0.699. The second-order valence-corrected chi connectivity index (χ2v) is 11.7. The van der Waals surface area contributed by atoms with Gasteiger partial charge in [0.15, 0.2) is 5.82 Å². The SMILES string of the molecule is c1ccc(-c2nc(-c3ccc(-n4c5ccccc5c5ccccc54)cc3)cc(-c3cccc4c(-c5cccnc5)cccc34)n2)cc1. The lowest BCUT2D eigenvalue weighted by molar-refractivity contribution is 1.17. The van der Waals surface area contributed by atoms with E-state index in [2.05, 4.69) is 143 Å². The summed E-state index contributed by atoms with van der Waals surface area (Å²) in [6.07, 6.45) is 3.73. The minimum atomic E-state index is 0.699. The van der Waals surface area contributed by atoms with Crippen LogP contribution in [0, 0.1) is 0 Å². The van der Waals surface area contributed by atoms with Crippen molar-refractivity contribution in [1.82, 2.24) is 19.5 Å². The molecule has 220 valence electrons. The van der Waals surface area contributed by atoms with Crippen LogP contribution in [0.2, 0.25) is 0 Å². The van der Waals surface area contributed by atoms with Gasteiger partial charge >= 0.3 is 0 Å². The minimum Gasteiger partial charge on any atom is -0.309 e. The third-order valence-electron chi connectivity index (χ3n) is 8.93. The van der Waals surface area contributed by atoms with Crippen molar-refractivity contribution >= 4 is 32.6 Å². The number of aromatic nitrogens is 4. The lowest BCUT2D eigenvalue weighted by Crippen LogP contribution is -1.97. The normalized spacial score (nSPS) is 11.4. The van der Waals surface area contributed by atoms with Gasteiger partial charge in [0, 0.05) is 51.1 Å². The van der Waals surface area contributed by atoms with Crippen LogP contribution in [0.4, 0.5) is 0 Å². The van der Waals surface area contributed by atoms with Crippen LogP contribution in [0.5, 0.6) is 0 Å². The average molecular weight is 601 g/mol. The maximum absolute atomic E-state index is 5.15. The fourth-order valence-electron chi connectivity index (χ4n) is 6.74. The lowest BCUT2D eigenvalue weighted by atomic mass is 9.95. The van der Waals surface area contributed by atoms with Gasteiger partial charge in [-0.05, 0) is 52.7 Å². The van der Waals surface area contributed by atoms with Gasteiger partial charge in [-0.1, -0.05) is 121 Å². The summed E-state index contributed by atoms with van der Waals surface area (Å²) >= 11 is 0. The van der Waals surface area contributed by atoms with Crippen molar-refractivity contribution in [2.75, 3.05) is 0 Å². The number of hydrogen-bond donors (Lipinski definition) is 0. The monoisotopic (exact) mass is 600 g/mol. The molecular weight excluding hydrogens is 573 g/mol. The van der Waals surface area contributed by atoms with E-state index >= 15 is 0 Å². The molecule has 0 aliphatic heterocycles. The Bertz CT molecular complexity index is 2500. The first-order valence-electron chi connectivity index (χ1n) is 15.8. The van der Waals surface area contributed by atoms with Gasteiger partial charge in [0.05, 0.1) is 22.4 Å². The van der Waals surface area contributed by atoms with E-state index in [9.17, 15) is 0 Å². The van der Waals surface area contributed by atoms with E-state index in [-0.39, 0.29) is 0 Å². The molecule has 0 saturated heterocycles. The van der Waals surface area contributed by atoms with Crippen LogP contribution in [0.1, 0.15) is 0 Å². The van der Waals surface area contributed by atoms with Gasteiger partial charge < -0.3 is 4.57 Å². The zero-order chi connectivity index (χ0) is 31.2. The highest BCUT2D eigenvalue weighted by Crippen LogP contribution is 2.37. The third-order valence-corrected chi connectivity index (χ3v) is 8.93. The summed E-state index contributed by atoms with van der Waals surface area (Å²) in [5, 5.41) is 4.80. The lowest BCUT2D eigenvalue weighted by Gasteiger charge is -2.13. The van der Waals surface area contributed by atoms with Crippen LogP contribution in [-0.4, -0.2) is 19.5 Å². The fraction of sp³-hybridized carbons (Fsp3) is 0. The van der Waals surface area contributed by atoms with Crippen molar-refractivity contribution in [2.24, 2.45) is 0 Å². The molecule has 0 fully saturated rings. The highest BCUT2D eigenvalue weighted by atomic mass is 15.0. The topological polar surface area (TPSA) is 43.6 Å². The molecule has 6 aromatic carbocycles. The Labute approximate surface area is 272 Å². The molecule has 0 N–H and O–H groups in total. The molecular formula is C43H28N4. The largest absolute Gasteiger partial charge is 0.309 e. The highest BCUT2D eigenvalue weighted by molar-refractivity contribution is 6.09. The van der Waals surface area contributed by atoms with Crippen LogP contribution in [0.25, 0.3) is 83.3 Å². The summed E-state index contributed by atoms with van der Waals surface area (Å²) in [5.41, 5.74) is 10.6. The summed E-state index contributed by atoms with van der Waals surface area (Å²) in [6.45, 7) is 0. The Hall–Kier alpha value is -6.39. The predicted molar refractivity (Wildman–Crippen MR) is 193 cm³/mol. The number of benzene rings is 6. The third kappa shape index (κ3) is 4.66. The first kappa shape index (κ1) is 27.0. The number of nitrogens with zero attached hydrogens (tertiary/aromatic N) is 4. The van der Waals surface area contributed by atoms with E-state index in [0.717, 1.165) is 55.7 Å². The van der Waals surface area contributed by atoms with Crippen molar-refractivity contribution < 1.29 is 0 Å². The molecule has 0 amide bonds. The van der Waals surface area contributed by atoms with Crippen molar-refractivity contribution in [2.45, 2.75) is 0 Å². The second kappa shape index (κ2) is 11.2. The Morgan fingerprint density at radius 2 is 1.00 bits per heavy atom. The second-order valence-electron chi connectivity index (χ2n) is 11.7. The van der Waals surface area contributed by atoms with Gasteiger partial charge in [-0.15, -0.1) is 0 Å². The van der Waals surface area contributed by atoms with Crippen LogP contribution >= 0.6 is 0 Å². The van der Waals surface area contributed by atoms with E-state index in [4.69, 9.17) is 9.97 Å². The van der Waals surface area contributed by atoms with Crippen molar-refractivity contribution in [3.63, 3.8) is 0 Å². The molecule has 3 heterocycles. The Balaban J connectivity index is 1.20. The van der Waals surface area contributed by atoms with Crippen LogP contribution in [-0.2, 0) is 0 Å². The van der Waals surface area contributed by atoms with E-state index in [1.54, 1.807) is 0 Å². The first-order chi connectivity index (χ1) is 23.3. The van der Waals surface area contributed by atoms with Crippen LogP contribution in [0.15, 0.2) is 170 Å². The summed E-state index contributed by atoms with van der Waals surface area (Å²) in [6, 6.07) is 55.2. The molecule has 0 aliphatic carbocycles. The van der Waals surface area contributed by atoms with E-state index in [0.29, 0.717) is 5.82 Å². The molecule has 9 aromatic rings. The molecule has 0 atom stereocenters. The van der Waals surface area contributed by atoms with E-state index < -0.39 is 0 Å². The fourth-order valence-corrected chi connectivity index (χ4v) is 6.74. The molecule has 0 aliphatic rings. The molecule has 0 bridgehead atoms. The number of rotatable bonds is 5. The van der Waals surface area contributed by atoms with Gasteiger partial charge in [0.2, 0.25) is 0 Å². The van der Waals surface area contributed by atoms with Gasteiger partial charge in [-0.3, -0.25) is 4.98 Å². The molecule has 0 saturated carbocycles. The number of hydrogen-bond acceptors (Lipinski definition) is 3. The molecule has 3 aromatic heterocycles. The molecule has 9 rings (SSSR count). The van der Waals surface area contributed by atoms with Crippen LogP contribution < -0.4 is 0 Å². The van der Waals surface area contributed by atoms with E-state index in [1.807, 2.05) is 36.7 Å². The Morgan fingerprint density at radius 1 is 0.404 bits per heavy atom. The van der Waals surface area contributed by atoms with Gasteiger partial charge in [-0.25, -0.2) is 9.97 Å². The number of fused-ring (bicyclic) bond motifs is 4.